The first kappa shape index (κ1) is 14.6. The number of carbonyl (C=O) groups excluding carboxylic acids is 1. The van der Waals surface area contributed by atoms with E-state index in [1.54, 1.807) is 13.8 Å². The van der Waals surface area contributed by atoms with Crippen LogP contribution in [0.4, 0.5) is 0 Å². The number of amides is 1. The minimum Gasteiger partial charge on any atom is -0.481 e. The van der Waals surface area contributed by atoms with Gasteiger partial charge in [0.1, 0.15) is 0 Å². The Balaban J connectivity index is 2.04. The number of aliphatic carboxylic acids is 1. The Kier molecular flexibility index (Phi) is 4.12. The highest BCUT2D eigenvalue weighted by atomic mass is 16.4. The standard InChI is InChI=1S/C16H21NO3/c1-16(2,15(19)20)10-17-14(18)13-8-7-11-5-3-4-6-12(11)9-13/h7-9H,3-6,10H2,1-2H3,(H,17,18)(H,19,20). The van der Waals surface area contributed by atoms with Crippen LogP contribution in [0.5, 0.6) is 0 Å². The van der Waals surface area contributed by atoms with Gasteiger partial charge in [-0.05, 0) is 62.8 Å². The summed E-state index contributed by atoms with van der Waals surface area (Å²) in [5.41, 5.74) is 2.25. The lowest BCUT2D eigenvalue weighted by molar-refractivity contribution is -0.146. The van der Waals surface area contributed by atoms with Crippen LogP contribution in [0.15, 0.2) is 18.2 Å². The van der Waals surface area contributed by atoms with Gasteiger partial charge in [-0.15, -0.1) is 0 Å². The van der Waals surface area contributed by atoms with Gasteiger partial charge in [0.2, 0.25) is 0 Å². The summed E-state index contributed by atoms with van der Waals surface area (Å²) in [5.74, 6) is -1.11. The summed E-state index contributed by atoms with van der Waals surface area (Å²) < 4.78 is 0. The molecule has 0 heterocycles. The molecule has 1 amide bonds. The van der Waals surface area contributed by atoms with Crippen molar-refractivity contribution in [2.75, 3.05) is 6.54 Å². The maximum atomic E-state index is 12.1. The van der Waals surface area contributed by atoms with Crippen LogP contribution in [0.3, 0.4) is 0 Å². The highest BCUT2D eigenvalue weighted by Crippen LogP contribution is 2.22. The van der Waals surface area contributed by atoms with E-state index in [-0.39, 0.29) is 12.5 Å². The van der Waals surface area contributed by atoms with Crippen LogP contribution in [0.25, 0.3) is 0 Å². The molecule has 0 spiro atoms. The Bertz CT molecular complexity index is 535. The second-order valence-electron chi connectivity index (χ2n) is 6.06. The molecule has 0 saturated carbocycles. The number of rotatable bonds is 4. The van der Waals surface area contributed by atoms with E-state index in [9.17, 15) is 9.59 Å². The normalized spacial score (nSPS) is 14.5. The molecule has 0 aliphatic heterocycles. The topological polar surface area (TPSA) is 66.4 Å². The fourth-order valence-corrected chi connectivity index (χ4v) is 2.35. The number of carboxylic acid groups (broad SMARTS) is 1. The summed E-state index contributed by atoms with van der Waals surface area (Å²) >= 11 is 0. The van der Waals surface area contributed by atoms with E-state index in [0.29, 0.717) is 5.56 Å². The molecule has 108 valence electrons. The van der Waals surface area contributed by atoms with Crippen LogP contribution in [-0.2, 0) is 17.6 Å². The van der Waals surface area contributed by atoms with Crippen molar-refractivity contribution in [3.8, 4) is 0 Å². The number of benzene rings is 1. The lowest BCUT2D eigenvalue weighted by atomic mass is 9.90. The maximum Gasteiger partial charge on any atom is 0.310 e. The molecular formula is C16H21NO3. The predicted molar refractivity (Wildman–Crippen MR) is 76.8 cm³/mol. The lowest BCUT2D eigenvalue weighted by Crippen LogP contribution is -2.38. The number of aryl methyl sites for hydroxylation is 2. The van der Waals surface area contributed by atoms with E-state index in [1.165, 1.54) is 24.0 Å². The second kappa shape index (κ2) is 5.65. The largest absolute Gasteiger partial charge is 0.481 e. The van der Waals surface area contributed by atoms with E-state index < -0.39 is 11.4 Å². The van der Waals surface area contributed by atoms with Crippen LogP contribution in [0, 0.1) is 5.41 Å². The molecule has 0 bridgehead atoms. The van der Waals surface area contributed by atoms with Gasteiger partial charge in [0.05, 0.1) is 5.41 Å². The van der Waals surface area contributed by atoms with E-state index in [0.717, 1.165) is 12.8 Å². The van der Waals surface area contributed by atoms with Crippen molar-refractivity contribution < 1.29 is 14.7 Å². The molecule has 0 unspecified atom stereocenters. The van der Waals surface area contributed by atoms with E-state index in [1.807, 2.05) is 18.2 Å². The Labute approximate surface area is 119 Å². The molecule has 20 heavy (non-hydrogen) atoms. The zero-order valence-corrected chi connectivity index (χ0v) is 12.0. The SMILES string of the molecule is CC(C)(CNC(=O)c1ccc2c(c1)CCCC2)C(=O)O. The monoisotopic (exact) mass is 275 g/mol. The summed E-state index contributed by atoms with van der Waals surface area (Å²) in [6, 6.07) is 5.79. The number of carboxylic acids is 1. The first-order valence-electron chi connectivity index (χ1n) is 7.03. The molecule has 0 fully saturated rings. The van der Waals surface area contributed by atoms with Crippen molar-refractivity contribution in [1.29, 1.82) is 0 Å². The molecule has 1 aromatic rings. The van der Waals surface area contributed by atoms with Gasteiger partial charge in [-0.3, -0.25) is 9.59 Å². The summed E-state index contributed by atoms with van der Waals surface area (Å²) in [4.78, 5) is 23.1. The van der Waals surface area contributed by atoms with E-state index in [4.69, 9.17) is 5.11 Å². The number of carbonyl (C=O) groups is 2. The summed E-state index contributed by atoms with van der Waals surface area (Å²) in [7, 11) is 0. The maximum absolute atomic E-state index is 12.1. The average molecular weight is 275 g/mol. The highest BCUT2D eigenvalue weighted by molar-refractivity contribution is 5.94. The molecule has 2 rings (SSSR count). The summed E-state index contributed by atoms with van der Waals surface area (Å²) in [5, 5.41) is 11.7. The molecule has 0 radical (unpaired) electrons. The van der Waals surface area contributed by atoms with Gasteiger partial charge in [0.15, 0.2) is 0 Å². The third kappa shape index (κ3) is 3.18. The second-order valence-corrected chi connectivity index (χ2v) is 6.06. The van der Waals surface area contributed by atoms with Crippen LogP contribution >= 0.6 is 0 Å². The smallest absolute Gasteiger partial charge is 0.310 e. The zero-order valence-electron chi connectivity index (χ0n) is 12.0. The van der Waals surface area contributed by atoms with Crippen LogP contribution in [-0.4, -0.2) is 23.5 Å². The minimum absolute atomic E-state index is 0.123. The third-order valence-electron chi connectivity index (χ3n) is 3.88. The quantitative estimate of drug-likeness (QED) is 0.886. The summed E-state index contributed by atoms with van der Waals surface area (Å²) in [6.07, 6.45) is 4.50. The molecule has 0 saturated heterocycles. The van der Waals surface area contributed by atoms with Crippen molar-refractivity contribution >= 4 is 11.9 Å². The Morgan fingerprint density at radius 3 is 2.50 bits per heavy atom. The fourth-order valence-electron chi connectivity index (χ4n) is 2.35. The zero-order chi connectivity index (χ0) is 14.8. The molecule has 4 nitrogen and oxygen atoms in total. The summed E-state index contributed by atoms with van der Waals surface area (Å²) in [6.45, 7) is 3.32. The van der Waals surface area contributed by atoms with Crippen molar-refractivity contribution in [1.82, 2.24) is 5.32 Å². The van der Waals surface area contributed by atoms with Gasteiger partial charge in [0, 0.05) is 12.1 Å². The van der Waals surface area contributed by atoms with Gasteiger partial charge in [0.25, 0.3) is 5.91 Å². The van der Waals surface area contributed by atoms with Crippen molar-refractivity contribution in [2.45, 2.75) is 39.5 Å². The molecule has 1 aromatic carbocycles. The molecular weight excluding hydrogens is 254 g/mol. The molecule has 1 aliphatic rings. The number of hydrogen-bond acceptors (Lipinski definition) is 2. The molecule has 2 N–H and O–H groups in total. The van der Waals surface area contributed by atoms with Gasteiger partial charge in [-0.2, -0.15) is 0 Å². The number of nitrogens with one attached hydrogen (secondary N) is 1. The van der Waals surface area contributed by atoms with Crippen molar-refractivity contribution in [3.63, 3.8) is 0 Å². The first-order valence-corrected chi connectivity index (χ1v) is 7.03. The van der Waals surface area contributed by atoms with E-state index >= 15 is 0 Å². The Morgan fingerprint density at radius 1 is 1.20 bits per heavy atom. The first-order chi connectivity index (χ1) is 9.40. The van der Waals surface area contributed by atoms with Crippen LogP contribution in [0.1, 0.15) is 48.2 Å². The van der Waals surface area contributed by atoms with Gasteiger partial charge in [-0.1, -0.05) is 6.07 Å². The predicted octanol–water partition coefficient (Wildman–Crippen LogP) is 2.41. The minimum atomic E-state index is -0.954. The van der Waals surface area contributed by atoms with Crippen molar-refractivity contribution in [2.24, 2.45) is 5.41 Å². The number of fused-ring (bicyclic) bond motifs is 1. The Hall–Kier alpha value is -1.84. The molecule has 0 atom stereocenters. The van der Waals surface area contributed by atoms with Gasteiger partial charge in [-0.25, -0.2) is 0 Å². The van der Waals surface area contributed by atoms with Gasteiger partial charge >= 0.3 is 5.97 Å². The molecule has 1 aliphatic carbocycles. The Morgan fingerprint density at radius 2 is 1.85 bits per heavy atom. The van der Waals surface area contributed by atoms with Crippen molar-refractivity contribution in [3.05, 3.63) is 34.9 Å². The molecule has 4 heteroatoms. The van der Waals surface area contributed by atoms with E-state index in [2.05, 4.69) is 5.32 Å². The van der Waals surface area contributed by atoms with Gasteiger partial charge < -0.3 is 10.4 Å². The number of hydrogen-bond donors (Lipinski definition) is 2. The third-order valence-corrected chi connectivity index (χ3v) is 3.88. The fraction of sp³-hybridized carbons (Fsp3) is 0.500. The molecule has 0 aromatic heterocycles. The lowest BCUT2D eigenvalue weighted by Gasteiger charge is -2.20. The average Bonchev–Trinajstić information content (AvgIpc) is 2.44. The van der Waals surface area contributed by atoms with Crippen LogP contribution in [0.2, 0.25) is 0 Å². The highest BCUT2D eigenvalue weighted by Gasteiger charge is 2.27. The van der Waals surface area contributed by atoms with Crippen LogP contribution < -0.4 is 5.32 Å².